The SMILES string of the molecule is CC(C)C(=O)Nc1nnc(-c2ccc(C(C)(C)C)cc2)s1. The number of anilines is 1. The van der Waals surface area contributed by atoms with Gasteiger partial charge in [0.05, 0.1) is 0 Å². The van der Waals surface area contributed by atoms with E-state index in [9.17, 15) is 4.79 Å². The quantitative estimate of drug-likeness (QED) is 0.929. The van der Waals surface area contributed by atoms with Gasteiger partial charge in [0.15, 0.2) is 0 Å². The fourth-order valence-electron chi connectivity index (χ4n) is 1.75. The predicted molar refractivity (Wildman–Crippen MR) is 87.5 cm³/mol. The van der Waals surface area contributed by atoms with Crippen LogP contribution in [0.2, 0.25) is 0 Å². The van der Waals surface area contributed by atoms with E-state index in [-0.39, 0.29) is 17.2 Å². The normalized spacial score (nSPS) is 11.7. The van der Waals surface area contributed by atoms with E-state index in [1.54, 1.807) is 0 Å². The Morgan fingerprint density at radius 2 is 1.76 bits per heavy atom. The predicted octanol–water partition coefficient (Wildman–Crippen LogP) is 4.10. The molecule has 0 radical (unpaired) electrons. The van der Waals surface area contributed by atoms with Crippen molar-refractivity contribution in [1.29, 1.82) is 0 Å². The summed E-state index contributed by atoms with van der Waals surface area (Å²) in [6.45, 7) is 10.3. The van der Waals surface area contributed by atoms with E-state index >= 15 is 0 Å². The van der Waals surface area contributed by atoms with Gasteiger partial charge in [0.1, 0.15) is 5.01 Å². The van der Waals surface area contributed by atoms with E-state index in [4.69, 9.17) is 0 Å². The Balaban J connectivity index is 2.16. The van der Waals surface area contributed by atoms with Crippen molar-refractivity contribution in [3.8, 4) is 10.6 Å². The minimum absolute atomic E-state index is 0.0409. The van der Waals surface area contributed by atoms with Crippen molar-refractivity contribution in [2.75, 3.05) is 5.32 Å². The molecule has 0 unspecified atom stereocenters. The van der Waals surface area contributed by atoms with Gasteiger partial charge in [0.2, 0.25) is 11.0 Å². The van der Waals surface area contributed by atoms with Gasteiger partial charge in [-0.05, 0) is 11.0 Å². The molecular weight excluding hydrogens is 282 g/mol. The molecule has 4 nitrogen and oxygen atoms in total. The highest BCUT2D eigenvalue weighted by Gasteiger charge is 2.15. The topological polar surface area (TPSA) is 54.9 Å². The summed E-state index contributed by atoms with van der Waals surface area (Å²) in [5.41, 5.74) is 2.44. The zero-order chi connectivity index (χ0) is 15.6. The van der Waals surface area contributed by atoms with E-state index in [0.29, 0.717) is 5.13 Å². The Morgan fingerprint density at radius 3 is 2.29 bits per heavy atom. The van der Waals surface area contributed by atoms with Crippen LogP contribution in [-0.4, -0.2) is 16.1 Å². The zero-order valence-electron chi connectivity index (χ0n) is 13.1. The fraction of sp³-hybridized carbons (Fsp3) is 0.438. The minimum atomic E-state index is -0.0663. The number of benzene rings is 1. The standard InChI is InChI=1S/C16H21N3OS/c1-10(2)13(20)17-15-19-18-14(21-15)11-6-8-12(9-7-11)16(3,4)5/h6-10H,1-5H3,(H,17,19,20). The van der Waals surface area contributed by atoms with Gasteiger partial charge in [0.25, 0.3) is 0 Å². The molecule has 0 aliphatic rings. The first-order valence-electron chi connectivity index (χ1n) is 7.02. The van der Waals surface area contributed by atoms with Crippen molar-refractivity contribution in [2.45, 2.75) is 40.0 Å². The van der Waals surface area contributed by atoms with Gasteiger partial charge in [-0.3, -0.25) is 4.79 Å². The number of carbonyl (C=O) groups is 1. The van der Waals surface area contributed by atoms with Crippen molar-refractivity contribution < 1.29 is 4.79 Å². The van der Waals surface area contributed by atoms with Gasteiger partial charge in [-0.1, -0.05) is 70.2 Å². The lowest BCUT2D eigenvalue weighted by Gasteiger charge is -2.18. The van der Waals surface area contributed by atoms with E-state index in [1.165, 1.54) is 16.9 Å². The molecule has 1 N–H and O–H groups in total. The molecular formula is C16H21N3OS. The minimum Gasteiger partial charge on any atom is -0.300 e. The molecule has 0 aliphatic carbocycles. The number of nitrogens with one attached hydrogen (secondary N) is 1. The maximum atomic E-state index is 11.6. The molecule has 2 rings (SSSR count). The lowest BCUT2D eigenvalue weighted by atomic mass is 9.87. The van der Waals surface area contributed by atoms with Crippen LogP contribution in [0.25, 0.3) is 10.6 Å². The van der Waals surface area contributed by atoms with E-state index in [2.05, 4.69) is 60.6 Å². The van der Waals surface area contributed by atoms with Crippen molar-refractivity contribution in [2.24, 2.45) is 5.92 Å². The largest absolute Gasteiger partial charge is 0.300 e. The number of rotatable bonds is 3. The van der Waals surface area contributed by atoms with Gasteiger partial charge in [-0.15, -0.1) is 10.2 Å². The van der Waals surface area contributed by atoms with Gasteiger partial charge in [-0.2, -0.15) is 0 Å². The molecule has 21 heavy (non-hydrogen) atoms. The van der Waals surface area contributed by atoms with Crippen LogP contribution in [0.5, 0.6) is 0 Å². The molecule has 1 aromatic heterocycles. The van der Waals surface area contributed by atoms with Gasteiger partial charge in [0, 0.05) is 11.5 Å². The summed E-state index contributed by atoms with van der Waals surface area (Å²) < 4.78 is 0. The summed E-state index contributed by atoms with van der Waals surface area (Å²) in [6.07, 6.45) is 0. The number of amides is 1. The van der Waals surface area contributed by atoms with Crippen LogP contribution in [0.15, 0.2) is 24.3 Å². The molecule has 0 saturated carbocycles. The highest BCUT2D eigenvalue weighted by atomic mass is 32.1. The Kier molecular flexibility index (Phi) is 4.42. The first-order chi connectivity index (χ1) is 9.77. The molecule has 5 heteroatoms. The number of carbonyl (C=O) groups excluding carboxylic acids is 1. The van der Waals surface area contributed by atoms with E-state index < -0.39 is 0 Å². The summed E-state index contributed by atoms with van der Waals surface area (Å²) in [6, 6.07) is 8.33. The third kappa shape index (κ3) is 3.88. The number of nitrogens with zero attached hydrogens (tertiary/aromatic N) is 2. The Labute approximate surface area is 129 Å². The lowest BCUT2D eigenvalue weighted by Crippen LogP contribution is -2.17. The van der Waals surface area contributed by atoms with E-state index in [1.807, 2.05) is 13.8 Å². The maximum Gasteiger partial charge on any atom is 0.228 e. The third-order valence-electron chi connectivity index (χ3n) is 3.18. The average Bonchev–Trinajstić information content (AvgIpc) is 2.86. The van der Waals surface area contributed by atoms with Crippen LogP contribution < -0.4 is 5.32 Å². The molecule has 1 heterocycles. The summed E-state index contributed by atoms with van der Waals surface area (Å²) in [5, 5.41) is 12.3. The van der Waals surface area contributed by atoms with E-state index in [0.717, 1.165) is 10.6 Å². The highest BCUT2D eigenvalue weighted by molar-refractivity contribution is 7.18. The lowest BCUT2D eigenvalue weighted by molar-refractivity contribution is -0.118. The van der Waals surface area contributed by atoms with Gasteiger partial charge >= 0.3 is 0 Å². The molecule has 1 aromatic carbocycles. The first-order valence-corrected chi connectivity index (χ1v) is 7.84. The van der Waals surface area contributed by atoms with Crippen LogP contribution >= 0.6 is 11.3 Å². The Hall–Kier alpha value is -1.75. The second-order valence-electron chi connectivity index (χ2n) is 6.38. The summed E-state index contributed by atoms with van der Waals surface area (Å²) in [4.78, 5) is 11.6. The molecule has 0 bridgehead atoms. The van der Waals surface area contributed by atoms with Crippen LogP contribution in [0, 0.1) is 5.92 Å². The molecule has 0 fully saturated rings. The number of aromatic nitrogens is 2. The summed E-state index contributed by atoms with van der Waals surface area (Å²) in [5.74, 6) is -0.107. The smallest absolute Gasteiger partial charge is 0.228 e. The van der Waals surface area contributed by atoms with Crippen molar-refractivity contribution in [3.05, 3.63) is 29.8 Å². The number of hydrogen-bond acceptors (Lipinski definition) is 4. The molecule has 0 aliphatic heterocycles. The maximum absolute atomic E-state index is 11.6. The van der Waals surface area contributed by atoms with Crippen molar-refractivity contribution in [3.63, 3.8) is 0 Å². The van der Waals surface area contributed by atoms with Crippen LogP contribution in [0.1, 0.15) is 40.2 Å². The monoisotopic (exact) mass is 303 g/mol. The van der Waals surface area contributed by atoms with Crippen LogP contribution in [0.4, 0.5) is 5.13 Å². The molecule has 2 aromatic rings. The Morgan fingerprint density at radius 1 is 1.14 bits per heavy atom. The summed E-state index contributed by atoms with van der Waals surface area (Å²) in [7, 11) is 0. The molecule has 0 atom stereocenters. The van der Waals surface area contributed by atoms with Crippen molar-refractivity contribution >= 4 is 22.4 Å². The zero-order valence-corrected chi connectivity index (χ0v) is 13.9. The van der Waals surface area contributed by atoms with Crippen LogP contribution in [-0.2, 0) is 10.2 Å². The first kappa shape index (κ1) is 15.6. The summed E-state index contributed by atoms with van der Waals surface area (Å²) >= 11 is 1.39. The van der Waals surface area contributed by atoms with Crippen LogP contribution in [0.3, 0.4) is 0 Å². The molecule has 112 valence electrons. The second-order valence-corrected chi connectivity index (χ2v) is 7.36. The molecule has 0 saturated heterocycles. The van der Waals surface area contributed by atoms with Gasteiger partial charge in [-0.25, -0.2) is 0 Å². The fourth-order valence-corrected chi connectivity index (χ4v) is 2.50. The second kappa shape index (κ2) is 5.93. The average molecular weight is 303 g/mol. The third-order valence-corrected chi connectivity index (χ3v) is 4.07. The van der Waals surface area contributed by atoms with Gasteiger partial charge < -0.3 is 5.32 Å². The molecule has 1 amide bonds. The number of hydrogen-bond donors (Lipinski definition) is 1. The highest BCUT2D eigenvalue weighted by Crippen LogP contribution is 2.29. The molecule has 0 spiro atoms. The van der Waals surface area contributed by atoms with Crippen molar-refractivity contribution in [1.82, 2.24) is 10.2 Å². The Bertz CT molecular complexity index is 624.